The Bertz CT molecular complexity index is 1240. The predicted molar refractivity (Wildman–Crippen MR) is 134 cm³/mol. The van der Waals surface area contributed by atoms with Gasteiger partial charge in [-0.05, 0) is 70.6 Å². The highest BCUT2D eigenvalue weighted by Gasteiger charge is 2.16. The number of halogens is 3. The van der Waals surface area contributed by atoms with Crippen molar-refractivity contribution >= 4 is 57.9 Å². The van der Waals surface area contributed by atoms with Crippen LogP contribution in [0, 0.1) is 3.57 Å². The quantitative estimate of drug-likeness (QED) is 0.215. The molecule has 1 amide bonds. The minimum atomic E-state index is -0.369. The topological polar surface area (TPSA) is 78.4 Å². The number of hydrazone groups is 1. The molecule has 10 heteroatoms. The number of nitrogens with zero attached hydrogens (tertiary/aromatic N) is 1. The van der Waals surface area contributed by atoms with Crippen molar-refractivity contribution in [2.24, 2.45) is 5.10 Å². The molecule has 3 aromatic carbocycles. The second-order valence-electron chi connectivity index (χ2n) is 6.83. The van der Waals surface area contributed by atoms with Gasteiger partial charge in [0.05, 0.1) is 16.9 Å². The van der Waals surface area contributed by atoms with Gasteiger partial charge in [0.2, 0.25) is 6.79 Å². The van der Waals surface area contributed by atoms with Crippen LogP contribution in [0.4, 0.5) is 0 Å². The Morgan fingerprint density at radius 1 is 1.15 bits per heavy atom. The summed E-state index contributed by atoms with van der Waals surface area (Å²) in [6.45, 7) is 0.396. The van der Waals surface area contributed by atoms with E-state index in [1.807, 2.05) is 12.1 Å². The smallest absolute Gasteiger partial charge is 0.271 e. The summed E-state index contributed by atoms with van der Waals surface area (Å²) >= 11 is 14.3. The lowest BCUT2D eigenvalue weighted by Crippen LogP contribution is -2.17. The van der Waals surface area contributed by atoms with Crippen molar-refractivity contribution in [1.29, 1.82) is 0 Å². The van der Waals surface area contributed by atoms with Crippen molar-refractivity contribution < 1.29 is 23.7 Å². The van der Waals surface area contributed by atoms with Crippen LogP contribution in [0.15, 0.2) is 53.6 Å². The lowest BCUT2D eigenvalue weighted by atomic mass is 10.2. The molecule has 0 unspecified atom stereocenters. The summed E-state index contributed by atoms with van der Waals surface area (Å²) in [7, 11) is 1.55. The van der Waals surface area contributed by atoms with Crippen LogP contribution in [0.5, 0.6) is 23.0 Å². The number of methoxy groups -OCH3 is 1. The highest BCUT2D eigenvalue weighted by atomic mass is 127. The number of carbonyl (C=O) groups is 1. The van der Waals surface area contributed by atoms with E-state index in [2.05, 4.69) is 33.1 Å². The van der Waals surface area contributed by atoms with Gasteiger partial charge in [-0.25, -0.2) is 5.43 Å². The molecule has 0 atom stereocenters. The molecule has 0 bridgehead atoms. The molecule has 0 saturated heterocycles. The van der Waals surface area contributed by atoms with Crippen molar-refractivity contribution in [1.82, 2.24) is 5.43 Å². The van der Waals surface area contributed by atoms with Gasteiger partial charge in [0.15, 0.2) is 23.0 Å². The van der Waals surface area contributed by atoms with Crippen LogP contribution in [0.2, 0.25) is 10.0 Å². The fraction of sp³-hybridized carbons (Fsp3) is 0.130. The minimum Gasteiger partial charge on any atom is -0.493 e. The number of amides is 1. The van der Waals surface area contributed by atoms with Crippen LogP contribution in [0.1, 0.15) is 21.5 Å². The van der Waals surface area contributed by atoms with E-state index in [-0.39, 0.29) is 19.3 Å². The molecule has 0 spiro atoms. The second-order valence-corrected chi connectivity index (χ2v) is 8.83. The van der Waals surface area contributed by atoms with Gasteiger partial charge in [0.1, 0.15) is 6.61 Å². The van der Waals surface area contributed by atoms with Gasteiger partial charge in [0.25, 0.3) is 5.91 Å². The third-order valence-electron chi connectivity index (χ3n) is 4.65. The molecule has 0 aromatic heterocycles. The number of fused-ring (bicyclic) bond motifs is 1. The van der Waals surface area contributed by atoms with Crippen molar-refractivity contribution in [2.45, 2.75) is 6.61 Å². The van der Waals surface area contributed by atoms with Crippen molar-refractivity contribution in [3.05, 3.63) is 78.8 Å². The van der Waals surface area contributed by atoms with E-state index in [1.165, 1.54) is 6.21 Å². The molecule has 170 valence electrons. The summed E-state index contributed by atoms with van der Waals surface area (Å²) in [6.07, 6.45) is 1.52. The van der Waals surface area contributed by atoms with Crippen LogP contribution in [0.25, 0.3) is 0 Å². The Morgan fingerprint density at radius 2 is 1.97 bits per heavy atom. The first-order valence-corrected chi connectivity index (χ1v) is 11.5. The standard InChI is InChI=1S/C23H17Cl2IN2O5/c1-30-21-7-13(6-18(26)22(21)31-11-15-2-4-16(24)9-17(15)25)10-27-28-23(29)14-3-5-19-20(8-14)33-12-32-19/h2-10H,11-12H2,1H3,(H,28,29). The molecule has 0 saturated carbocycles. The molecular formula is C23H17Cl2IN2O5. The summed E-state index contributed by atoms with van der Waals surface area (Å²) in [4.78, 5) is 12.4. The summed E-state index contributed by atoms with van der Waals surface area (Å²) in [6, 6.07) is 13.8. The van der Waals surface area contributed by atoms with E-state index in [0.717, 1.165) is 14.7 Å². The summed E-state index contributed by atoms with van der Waals surface area (Å²) < 4.78 is 22.8. The van der Waals surface area contributed by atoms with Crippen LogP contribution >= 0.6 is 45.8 Å². The number of hydrogen-bond acceptors (Lipinski definition) is 6. The molecule has 0 aliphatic carbocycles. The van der Waals surface area contributed by atoms with Gasteiger partial charge >= 0.3 is 0 Å². The fourth-order valence-electron chi connectivity index (χ4n) is 3.01. The normalized spacial score (nSPS) is 12.1. The first kappa shape index (κ1) is 23.5. The number of hydrogen-bond donors (Lipinski definition) is 1. The lowest BCUT2D eigenvalue weighted by molar-refractivity contribution is 0.0954. The van der Waals surface area contributed by atoms with E-state index >= 15 is 0 Å². The van der Waals surface area contributed by atoms with Gasteiger partial charge < -0.3 is 18.9 Å². The Kier molecular flexibility index (Phi) is 7.46. The largest absolute Gasteiger partial charge is 0.493 e. The maximum atomic E-state index is 12.4. The van der Waals surface area contributed by atoms with Crippen LogP contribution < -0.4 is 24.4 Å². The number of rotatable bonds is 7. The van der Waals surface area contributed by atoms with Gasteiger partial charge in [-0.3, -0.25) is 4.79 Å². The zero-order valence-corrected chi connectivity index (χ0v) is 20.9. The third kappa shape index (κ3) is 5.63. The van der Waals surface area contributed by atoms with E-state index in [9.17, 15) is 4.79 Å². The molecule has 7 nitrogen and oxygen atoms in total. The molecule has 0 radical (unpaired) electrons. The van der Waals surface area contributed by atoms with E-state index in [4.69, 9.17) is 42.1 Å². The van der Waals surface area contributed by atoms with Crippen molar-refractivity contribution in [3.63, 3.8) is 0 Å². The highest BCUT2D eigenvalue weighted by Crippen LogP contribution is 2.35. The van der Waals surface area contributed by atoms with Gasteiger partial charge in [-0.15, -0.1) is 0 Å². The molecule has 3 aromatic rings. The van der Waals surface area contributed by atoms with E-state index < -0.39 is 0 Å². The van der Waals surface area contributed by atoms with Gasteiger partial charge in [-0.2, -0.15) is 5.10 Å². The zero-order valence-electron chi connectivity index (χ0n) is 17.2. The maximum absolute atomic E-state index is 12.4. The highest BCUT2D eigenvalue weighted by molar-refractivity contribution is 14.1. The number of ether oxygens (including phenoxy) is 4. The molecule has 1 heterocycles. The molecule has 1 aliphatic rings. The average molecular weight is 599 g/mol. The van der Waals surface area contributed by atoms with Crippen LogP contribution in [0.3, 0.4) is 0 Å². The van der Waals surface area contributed by atoms with E-state index in [0.29, 0.717) is 38.6 Å². The molecule has 0 fully saturated rings. The van der Waals surface area contributed by atoms with Gasteiger partial charge in [-0.1, -0.05) is 29.3 Å². The van der Waals surface area contributed by atoms with Gasteiger partial charge in [0, 0.05) is 21.2 Å². The Hall–Kier alpha value is -2.69. The monoisotopic (exact) mass is 598 g/mol. The van der Waals surface area contributed by atoms with Crippen molar-refractivity contribution in [3.8, 4) is 23.0 Å². The Morgan fingerprint density at radius 3 is 2.76 bits per heavy atom. The first-order chi connectivity index (χ1) is 15.9. The first-order valence-electron chi connectivity index (χ1n) is 9.62. The summed E-state index contributed by atoms with van der Waals surface area (Å²) in [5.74, 6) is 1.87. The maximum Gasteiger partial charge on any atom is 0.271 e. The predicted octanol–water partition coefficient (Wildman–Crippen LogP) is 5.68. The zero-order chi connectivity index (χ0) is 23.4. The fourth-order valence-corrected chi connectivity index (χ4v) is 4.25. The minimum absolute atomic E-state index is 0.144. The van der Waals surface area contributed by atoms with Crippen molar-refractivity contribution in [2.75, 3.05) is 13.9 Å². The number of nitrogens with one attached hydrogen (secondary N) is 1. The average Bonchev–Trinajstić information content (AvgIpc) is 3.27. The number of carbonyl (C=O) groups excluding carboxylic acids is 1. The summed E-state index contributed by atoms with van der Waals surface area (Å²) in [5, 5.41) is 5.13. The SMILES string of the molecule is COc1cc(C=NNC(=O)c2ccc3c(c2)OCO3)cc(I)c1OCc1ccc(Cl)cc1Cl. The van der Waals surface area contributed by atoms with Crippen LogP contribution in [-0.2, 0) is 6.61 Å². The Labute approximate surface area is 213 Å². The third-order valence-corrected chi connectivity index (χ3v) is 6.04. The molecule has 1 aliphatic heterocycles. The molecule has 1 N–H and O–H groups in total. The summed E-state index contributed by atoms with van der Waals surface area (Å²) in [5.41, 5.74) is 4.44. The molecule has 4 rings (SSSR count). The Balaban J connectivity index is 1.43. The molecular weight excluding hydrogens is 582 g/mol. The van der Waals surface area contributed by atoms with Crippen LogP contribution in [-0.4, -0.2) is 26.0 Å². The van der Waals surface area contributed by atoms with E-state index in [1.54, 1.807) is 43.5 Å². The molecule has 33 heavy (non-hydrogen) atoms. The lowest BCUT2D eigenvalue weighted by Gasteiger charge is -2.14. The number of benzene rings is 3. The second kappa shape index (κ2) is 10.5.